The van der Waals surface area contributed by atoms with Crippen LogP contribution in [0.1, 0.15) is 32.8 Å². The van der Waals surface area contributed by atoms with Gasteiger partial charge in [-0.1, -0.05) is 6.92 Å². The Morgan fingerprint density at radius 2 is 1.95 bits per heavy atom. The van der Waals surface area contributed by atoms with E-state index in [-0.39, 0.29) is 5.91 Å². The number of imide groups is 1. The van der Waals surface area contributed by atoms with E-state index in [1.54, 1.807) is 6.92 Å². The molecule has 6 heteroatoms. The van der Waals surface area contributed by atoms with Crippen molar-refractivity contribution >= 4 is 18.2 Å². The van der Waals surface area contributed by atoms with E-state index in [1.165, 1.54) is 6.21 Å². The minimum Gasteiger partial charge on any atom is -0.494 e. The third kappa shape index (κ3) is 3.04. The fourth-order valence-corrected chi connectivity index (χ4v) is 1.95. The second-order valence-corrected chi connectivity index (χ2v) is 4.98. The number of amides is 3. The first-order chi connectivity index (χ1) is 10.00. The normalized spacial score (nSPS) is 22.0. The second-order valence-electron chi connectivity index (χ2n) is 4.98. The molecule has 1 aliphatic rings. The molecule has 1 heterocycles. The summed E-state index contributed by atoms with van der Waals surface area (Å²) in [6.07, 6.45) is 2.00. The van der Waals surface area contributed by atoms with E-state index in [0.717, 1.165) is 16.3 Å². The van der Waals surface area contributed by atoms with Crippen LogP contribution < -0.4 is 10.1 Å². The Balaban J connectivity index is 2.10. The van der Waals surface area contributed by atoms with Crippen LogP contribution in [0, 0.1) is 0 Å². The Kier molecular flexibility index (Phi) is 4.26. The largest absolute Gasteiger partial charge is 0.494 e. The fraction of sp³-hybridized carbons (Fsp3) is 0.400. The van der Waals surface area contributed by atoms with Gasteiger partial charge in [0.05, 0.1) is 12.8 Å². The molecular formula is C15H19N3O3. The molecule has 1 N–H and O–H groups in total. The number of carbonyl (C=O) groups is 2. The molecule has 0 unspecified atom stereocenters. The summed E-state index contributed by atoms with van der Waals surface area (Å²) >= 11 is 0. The van der Waals surface area contributed by atoms with Gasteiger partial charge < -0.3 is 10.1 Å². The number of urea groups is 1. The van der Waals surface area contributed by atoms with Gasteiger partial charge in [-0.15, -0.1) is 5.01 Å². The topological polar surface area (TPSA) is 71.0 Å². The molecule has 1 saturated heterocycles. The lowest BCUT2D eigenvalue weighted by Crippen LogP contribution is -2.42. The van der Waals surface area contributed by atoms with Gasteiger partial charge in [-0.3, -0.25) is 4.79 Å². The summed E-state index contributed by atoms with van der Waals surface area (Å²) in [5.41, 5.74) is -0.0862. The molecule has 1 aromatic carbocycles. The van der Waals surface area contributed by atoms with Crippen molar-refractivity contribution in [2.45, 2.75) is 32.7 Å². The van der Waals surface area contributed by atoms with E-state index in [2.05, 4.69) is 10.4 Å². The fourth-order valence-electron chi connectivity index (χ4n) is 1.95. The van der Waals surface area contributed by atoms with Gasteiger partial charge in [0.25, 0.3) is 5.91 Å². The van der Waals surface area contributed by atoms with Gasteiger partial charge in [-0.25, -0.2) is 4.79 Å². The van der Waals surface area contributed by atoms with Crippen LogP contribution in [0.5, 0.6) is 5.75 Å². The average molecular weight is 289 g/mol. The molecule has 6 nitrogen and oxygen atoms in total. The molecule has 21 heavy (non-hydrogen) atoms. The summed E-state index contributed by atoms with van der Waals surface area (Å²) in [5.74, 6) is 0.431. The summed E-state index contributed by atoms with van der Waals surface area (Å²) in [5, 5.41) is 7.50. The Morgan fingerprint density at radius 3 is 2.48 bits per heavy atom. The molecule has 1 fully saturated rings. The van der Waals surface area contributed by atoms with Crippen molar-refractivity contribution in [1.82, 2.24) is 10.3 Å². The van der Waals surface area contributed by atoms with E-state index in [9.17, 15) is 9.59 Å². The van der Waals surface area contributed by atoms with E-state index in [1.807, 2.05) is 38.1 Å². The third-order valence-corrected chi connectivity index (χ3v) is 3.46. The summed E-state index contributed by atoms with van der Waals surface area (Å²) in [4.78, 5) is 23.9. The first-order valence-corrected chi connectivity index (χ1v) is 6.93. The molecule has 1 aromatic rings. The van der Waals surface area contributed by atoms with Crippen molar-refractivity contribution in [1.29, 1.82) is 0 Å². The molecule has 0 aliphatic carbocycles. The number of hydrazone groups is 1. The average Bonchev–Trinajstić information content (AvgIpc) is 2.70. The van der Waals surface area contributed by atoms with Crippen molar-refractivity contribution in [3.05, 3.63) is 29.8 Å². The Morgan fingerprint density at radius 1 is 1.29 bits per heavy atom. The Hall–Kier alpha value is -2.37. The molecule has 0 radical (unpaired) electrons. The summed E-state index contributed by atoms with van der Waals surface area (Å²) in [7, 11) is 0. The lowest BCUT2D eigenvalue weighted by molar-refractivity contribution is -0.130. The molecule has 3 amide bonds. The monoisotopic (exact) mass is 289 g/mol. The molecule has 0 spiro atoms. The van der Waals surface area contributed by atoms with Crippen molar-refractivity contribution < 1.29 is 14.3 Å². The van der Waals surface area contributed by atoms with Gasteiger partial charge in [0.15, 0.2) is 0 Å². The maximum Gasteiger partial charge on any atom is 0.346 e. The molecule has 0 aromatic heterocycles. The van der Waals surface area contributed by atoms with Gasteiger partial charge in [0, 0.05) is 0 Å². The van der Waals surface area contributed by atoms with Crippen molar-refractivity contribution in [3.63, 3.8) is 0 Å². The van der Waals surface area contributed by atoms with Gasteiger partial charge in [-0.2, -0.15) is 5.10 Å². The highest BCUT2D eigenvalue weighted by Gasteiger charge is 2.46. The molecule has 1 atom stereocenters. The van der Waals surface area contributed by atoms with E-state index >= 15 is 0 Å². The van der Waals surface area contributed by atoms with Crippen LogP contribution in [-0.2, 0) is 4.79 Å². The minimum atomic E-state index is -0.868. The quantitative estimate of drug-likeness (QED) is 0.667. The highest BCUT2D eigenvalue weighted by atomic mass is 16.5. The summed E-state index contributed by atoms with van der Waals surface area (Å²) < 4.78 is 5.34. The number of carbonyl (C=O) groups excluding carboxylic acids is 2. The number of hydrogen-bond acceptors (Lipinski definition) is 4. The van der Waals surface area contributed by atoms with Crippen molar-refractivity contribution in [3.8, 4) is 5.75 Å². The molecule has 2 rings (SSSR count). The lowest BCUT2D eigenvalue weighted by atomic mass is 10.00. The molecule has 112 valence electrons. The number of benzene rings is 1. The van der Waals surface area contributed by atoms with Crippen LogP contribution in [0.4, 0.5) is 4.79 Å². The first kappa shape index (κ1) is 15.0. The number of nitrogens with zero attached hydrogens (tertiary/aromatic N) is 2. The number of hydrogen-bond donors (Lipinski definition) is 1. The van der Waals surface area contributed by atoms with Crippen LogP contribution >= 0.6 is 0 Å². The predicted octanol–water partition coefficient (Wildman–Crippen LogP) is 2.14. The van der Waals surface area contributed by atoms with Crippen LogP contribution in [0.2, 0.25) is 0 Å². The van der Waals surface area contributed by atoms with Gasteiger partial charge >= 0.3 is 6.03 Å². The number of ether oxygens (including phenoxy) is 1. The van der Waals surface area contributed by atoms with E-state index in [0.29, 0.717) is 13.0 Å². The zero-order valence-electron chi connectivity index (χ0n) is 12.4. The summed E-state index contributed by atoms with van der Waals surface area (Å²) in [6, 6.07) is 6.75. The predicted molar refractivity (Wildman–Crippen MR) is 79.3 cm³/mol. The van der Waals surface area contributed by atoms with Crippen LogP contribution in [0.15, 0.2) is 29.4 Å². The number of nitrogens with one attached hydrogen (secondary N) is 1. The number of rotatable bonds is 5. The van der Waals surface area contributed by atoms with Crippen LogP contribution in [-0.4, -0.2) is 35.3 Å². The Bertz CT molecular complexity index is 568. The minimum absolute atomic E-state index is 0.336. The zero-order chi connectivity index (χ0) is 15.5. The second kappa shape index (κ2) is 5.95. The first-order valence-electron chi connectivity index (χ1n) is 6.93. The molecular weight excluding hydrogens is 270 g/mol. The highest BCUT2D eigenvalue weighted by Crippen LogP contribution is 2.21. The van der Waals surface area contributed by atoms with E-state index in [4.69, 9.17) is 4.74 Å². The smallest absolute Gasteiger partial charge is 0.346 e. The maximum atomic E-state index is 12.1. The standard InChI is InChI=1S/C15H19N3O3/c1-4-15(3)13(19)18(14(20)17-15)16-10-11-6-8-12(9-7-11)21-5-2/h6-10H,4-5H2,1-3H3,(H,17,20)/b16-10-/t15-/m0/s1. The molecule has 0 saturated carbocycles. The Labute approximate surface area is 123 Å². The lowest BCUT2D eigenvalue weighted by Gasteiger charge is -2.17. The third-order valence-electron chi connectivity index (χ3n) is 3.46. The summed E-state index contributed by atoms with van der Waals surface area (Å²) in [6.45, 7) is 6.06. The van der Waals surface area contributed by atoms with E-state index < -0.39 is 11.6 Å². The van der Waals surface area contributed by atoms with Crippen molar-refractivity contribution in [2.75, 3.05) is 6.61 Å². The van der Waals surface area contributed by atoms with Gasteiger partial charge in [-0.05, 0) is 50.1 Å². The molecule has 0 bridgehead atoms. The van der Waals surface area contributed by atoms with Crippen molar-refractivity contribution in [2.24, 2.45) is 5.10 Å². The van der Waals surface area contributed by atoms with Crippen LogP contribution in [0.3, 0.4) is 0 Å². The van der Waals surface area contributed by atoms with Crippen LogP contribution in [0.25, 0.3) is 0 Å². The zero-order valence-corrected chi connectivity index (χ0v) is 12.4. The van der Waals surface area contributed by atoms with Gasteiger partial charge in [0.1, 0.15) is 11.3 Å². The van der Waals surface area contributed by atoms with Gasteiger partial charge in [0.2, 0.25) is 0 Å². The highest BCUT2D eigenvalue weighted by molar-refractivity contribution is 6.07. The SMILES string of the molecule is CCOc1ccc(/C=N\N2C(=O)N[C@@](C)(CC)C2=O)cc1. The molecule has 1 aliphatic heterocycles. The maximum absolute atomic E-state index is 12.1.